The molecule has 0 amide bonds. The maximum absolute atomic E-state index is 12.5. The molecule has 2 rings (SSSR count). The Hall–Kier alpha value is -1.51. The van der Waals surface area contributed by atoms with E-state index in [1.165, 1.54) is 6.07 Å². The van der Waals surface area contributed by atoms with Crippen molar-refractivity contribution in [2.24, 2.45) is 12.9 Å². The maximum Gasteiger partial charge on any atom is 0.387 e. The summed E-state index contributed by atoms with van der Waals surface area (Å²) >= 11 is 3.36. The fourth-order valence-electron chi connectivity index (χ4n) is 1.98. The third-order valence-corrected chi connectivity index (χ3v) is 3.43. The van der Waals surface area contributed by atoms with Gasteiger partial charge in [-0.05, 0) is 22.0 Å². The number of nitrogens with one attached hydrogen (secondary N) is 1. The number of rotatable bonds is 5. The number of hydrogen-bond donors (Lipinski definition) is 2. The lowest BCUT2D eigenvalue weighted by molar-refractivity contribution is -0.0506. The van der Waals surface area contributed by atoms with Gasteiger partial charge in [0.2, 0.25) is 0 Å². The summed E-state index contributed by atoms with van der Waals surface area (Å²) in [4.78, 5) is 0. The first-order chi connectivity index (χ1) is 9.54. The van der Waals surface area contributed by atoms with E-state index in [1.807, 2.05) is 0 Å². The van der Waals surface area contributed by atoms with E-state index in [2.05, 4.69) is 31.2 Å². The van der Waals surface area contributed by atoms with E-state index in [-0.39, 0.29) is 5.75 Å². The van der Waals surface area contributed by atoms with E-state index in [1.54, 1.807) is 36.1 Å². The second kappa shape index (κ2) is 6.29. The Kier molecular flexibility index (Phi) is 4.69. The fraction of sp³-hybridized carbons (Fsp3) is 0.250. The lowest BCUT2D eigenvalue weighted by Gasteiger charge is -2.20. The third-order valence-electron chi connectivity index (χ3n) is 2.82. The van der Waals surface area contributed by atoms with Crippen molar-refractivity contribution in [2.45, 2.75) is 12.7 Å². The van der Waals surface area contributed by atoms with Crippen molar-refractivity contribution in [3.63, 3.8) is 0 Å². The normalized spacial score (nSPS) is 12.7. The molecule has 1 atom stereocenters. The van der Waals surface area contributed by atoms with Gasteiger partial charge in [-0.25, -0.2) is 5.43 Å². The highest BCUT2D eigenvalue weighted by molar-refractivity contribution is 9.10. The largest absolute Gasteiger partial charge is 0.434 e. The molecule has 5 nitrogen and oxygen atoms in total. The van der Waals surface area contributed by atoms with E-state index in [9.17, 15) is 8.78 Å². The Labute approximate surface area is 122 Å². The summed E-state index contributed by atoms with van der Waals surface area (Å²) in [7, 11) is 1.74. The first-order valence-electron chi connectivity index (χ1n) is 5.71. The molecule has 108 valence electrons. The molecule has 0 aliphatic heterocycles. The molecule has 0 fully saturated rings. The topological polar surface area (TPSA) is 65.1 Å². The minimum Gasteiger partial charge on any atom is -0.434 e. The lowest BCUT2D eigenvalue weighted by Crippen LogP contribution is -2.31. The number of benzene rings is 1. The second-order valence-corrected chi connectivity index (χ2v) is 4.87. The number of halogens is 3. The van der Waals surface area contributed by atoms with Gasteiger partial charge in [-0.3, -0.25) is 10.5 Å². The number of aryl methyl sites for hydroxylation is 1. The van der Waals surface area contributed by atoms with Gasteiger partial charge in [0.15, 0.2) is 0 Å². The molecule has 0 aliphatic carbocycles. The number of hydrazine groups is 1. The quantitative estimate of drug-likeness (QED) is 0.644. The molecule has 0 saturated carbocycles. The van der Waals surface area contributed by atoms with Gasteiger partial charge in [0, 0.05) is 12.6 Å². The van der Waals surface area contributed by atoms with Crippen LogP contribution in [0.4, 0.5) is 8.78 Å². The monoisotopic (exact) mass is 346 g/mol. The van der Waals surface area contributed by atoms with Crippen molar-refractivity contribution in [3.05, 3.63) is 46.2 Å². The van der Waals surface area contributed by atoms with Crippen molar-refractivity contribution >= 4 is 15.9 Å². The van der Waals surface area contributed by atoms with Gasteiger partial charge in [-0.15, -0.1) is 0 Å². The molecule has 0 saturated heterocycles. The number of para-hydroxylation sites is 1. The summed E-state index contributed by atoms with van der Waals surface area (Å²) in [5.74, 6) is 5.65. The molecule has 8 heteroatoms. The van der Waals surface area contributed by atoms with Crippen LogP contribution in [-0.4, -0.2) is 16.4 Å². The number of nitrogens with zero attached hydrogens (tertiary/aromatic N) is 2. The van der Waals surface area contributed by atoms with Gasteiger partial charge in [0.25, 0.3) is 0 Å². The van der Waals surface area contributed by atoms with E-state index in [4.69, 9.17) is 5.84 Å². The van der Waals surface area contributed by atoms with Crippen molar-refractivity contribution in [1.29, 1.82) is 0 Å². The zero-order chi connectivity index (χ0) is 14.7. The Bertz CT molecular complexity index is 571. The molecule has 1 aromatic carbocycles. The molecule has 20 heavy (non-hydrogen) atoms. The summed E-state index contributed by atoms with van der Waals surface area (Å²) in [5, 5.41) is 4.09. The molecule has 1 unspecified atom stereocenters. The number of aromatic nitrogens is 2. The summed E-state index contributed by atoms with van der Waals surface area (Å²) in [6.07, 6.45) is 1.61. The summed E-state index contributed by atoms with van der Waals surface area (Å²) in [5.41, 5.74) is 3.81. The van der Waals surface area contributed by atoms with Gasteiger partial charge in [-0.2, -0.15) is 13.9 Å². The van der Waals surface area contributed by atoms with Gasteiger partial charge in [-0.1, -0.05) is 18.2 Å². The summed E-state index contributed by atoms with van der Waals surface area (Å²) in [6, 6.07) is 5.94. The number of hydrogen-bond acceptors (Lipinski definition) is 4. The highest BCUT2D eigenvalue weighted by atomic mass is 79.9. The smallest absolute Gasteiger partial charge is 0.387 e. The van der Waals surface area contributed by atoms with Gasteiger partial charge >= 0.3 is 6.61 Å². The fourth-order valence-corrected chi connectivity index (χ4v) is 2.56. The molecule has 2 aromatic rings. The first-order valence-corrected chi connectivity index (χ1v) is 6.51. The molecule has 1 heterocycles. The Morgan fingerprint density at radius 1 is 1.40 bits per heavy atom. The minimum atomic E-state index is -2.90. The van der Waals surface area contributed by atoms with Crippen molar-refractivity contribution in [2.75, 3.05) is 0 Å². The van der Waals surface area contributed by atoms with Crippen LogP contribution in [0.25, 0.3) is 0 Å². The first kappa shape index (κ1) is 14.9. The summed E-state index contributed by atoms with van der Waals surface area (Å²) in [6.45, 7) is -2.90. The number of nitrogens with two attached hydrogens (primary N) is 1. The zero-order valence-electron chi connectivity index (χ0n) is 10.6. The predicted molar refractivity (Wildman–Crippen MR) is 73.1 cm³/mol. The van der Waals surface area contributed by atoms with Gasteiger partial charge in [0.05, 0.1) is 22.4 Å². The van der Waals surface area contributed by atoms with Crippen LogP contribution in [0.1, 0.15) is 17.3 Å². The molecular formula is C12H13BrF2N4O. The van der Waals surface area contributed by atoms with E-state index in [0.717, 1.165) is 4.47 Å². The molecule has 0 spiro atoms. The molecule has 3 N–H and O–H groups in total. The van der Waals surface area contributed by atoms with E-state index < -0.39 is 12.7 Å². The van der Waals surface area contributed by atoms with Crippen LogP contribution in [0.15, 0.2) is 34.9 Å². The Morgan fingerprint density at radius 3 is 2.65 bits per heavy atom. The predicted octanol–water partition coefficient (Wildman–Crippen LogP) is 2.34. The van der Waals surface area contributed by atoms with Crippen LogP contribution in [0.5, 0.6) is 5.75 Å². The van der Waals surface area contributed by atoms with Crippen LogP contribution < -0.4 is 16.0 Å². The SMILES string of the molecule is Cn1ncc(Br)c1C(NN)c1ccccc1OC(F)F. The van der Waals surface area contributed by atoms with Crippen LogP contribution in [0.2, 0.25) is 0 Å². The van der Waals surface area contributed by atoms with E-state index >= 15 is 0 Å². The average Bonchev–Trinajstić information content (AvgIpc) is 2.73. The standard InChI is InChI=1S/C12H13BrF2N4O/c1-19-11(8(13)6-17-19)10(18-16)7-4-2-3-5-9(7)20-12(14)15/h2-6,10,12,18H,16H2,1H3. The second-order valence-electron chi connectivity index (χ2n) is 4.02. The lowest BCUT2D eigenvalue weighted by atomic mass is 10.0. The molecule has 0 aliphatic rings. The molecule has 1 aromatic heterocycles. The average molecular weight is 347 g/mol. The van der Waals surface area contributed by atoms with Crippen LogP contribution in [0.3, 0.4) is 0 Å². The Balaban J connectivity index is 2.47. The van der Waals surface area contributed by atoms with Crippen molar-refractivity contribution in [1.82, 2.24) is 15.2 Å². The number of alkyl halides is 2. The third kappa shape index (κ3) is 2.97. The molecule has 0 radical (unpaired) electrons. The molecule has 0 bridgehead atoms. The van der Waals surface area contributed by atoms with Gasteiger partial charge in [0.1, 0.15) is 5.75 Å². The highest BCUT2D eigenvalue weighted by Gasteiger charge is 2.23. The van der Waals surface area contributed by atoms with Crippen LogP contribution in [0, 0.1) is 0 Å². The van der Waals surface area contributed by atoms with Crippen LogP contribution in [-0.2, 0) is 7.05 Å². The maximum atomic E-state index is 12.5. The zero-order valence-corrected chi connectivity index (χ0v) is 12.1. The van der Waals surface area contributed by atoms with Crippen LogP contribution >= 0.6 is 15.9 Å². The molecular weight excluding hydrogens is 334 g/mol. The number of ether oxygens (including phenoxy) is 1. The summed E-state index contributed by atoms with van der Waals surface area (Å²) < 4.78 is 31.8. The highest BCUT2D eigenvalue weighted by Crippen LogP contribution is 2.33. The minimum absolute atomic E-state index is 0.0681. The van der Waals surface area contributed by atoms with E-state index in [0.29, 0.717) is 11.3 Å². The van der Waals surface area contributed by atoms with Gasteiger partial charge < -0.3 is 4.74 Å². The van der Waals surface area contributed by atoms with Crippen molar-refractivity contribution < 1.29 is 13.5 Å². The van der Waals surface area contributed by atoms with Crippen molar-refractivity contribution in [3.8, 4) is 5.75 Å². The Morgan fingerprint density at radius 2 is 2.10 bits per heavy atom.